The molecule has 0 aromatic heterocycles. The first kappa shape index (κ1) is 23.8. The molecule has 158 valence electrons. The number of amides is 1. The minimum absolute atomic E-state index is 0.0658. The minimum Gasteiger partial charge on any atom is -0.355 e. The molecule has 0 radical (unpaired) electrons. The molecule has 1 N–H and O–H groups in total. The maximum absolute atomic E-state index is 12.8. The highest BCUT2D eigenvalue weighted by Gasteiger charge is 2.32. The maximum atomic E-state index is 12.8. The molecule has 1 aliphatic rings. The van der Waals surface area contributed by atoms with E-state index in [1.54, 1.807) is 30.0 Å². The molecular weight excluding hydrogens is 439 g/mol. The third kappa shape index (κ3) is 7.41. The highest BCUT2D eigenvalue weighted by molar-refractivity contribution is 8.00. The van der Waals surface area contributed by atoms with Crippen LogP contribution in [-0.2, 0) is 20.6 Å². The van der Waals surface area contributed by atoms with Gasteiger partial charge in [-0.15, -0.1) is 0 Å². The lowest BCUT2D eigenvalue weighted by Crippen LogP contribution is -2.46. The molecule has 1 heterocycles. The molecule has 0 saturated carbocycles. The first-order valence-electron chi connectivity index (χ1n) is 9.31. The summed E-state index contributed by atoms with van der Waals surface area (Å²) in [5, 5.41) is 3.67. The molecule has 9 heteroatoms. The lowest BCUT2D eigenvalue weighted by atomic mass is 9.99. The summed E-state index contributed by atoms with van der Waals surface area (Å²) >= 11 is 13.7. The number of piperidine rings is 1. The second-order valence-corrected chi connectivity index (χ2v) is 12.7. The zero-order chi connectivity index (χ0) is 20.9. The number of carbonyl (C=O) groups excluding carboxylic acids is 1. The van der Waals surface area contributed by atoms with E-state index >= 15 is 0 Å². The van der Waals surface area contributed by atoms with Crippen molar-refractivity contribution in [2.75, 3.05) is 25.4 Å². The second-order valence-electron chi connectivity index (χ2n) is 7.95. The van der Waals surface area contributed by atoms with E-state index in [1.165, 1.54) is 4.31 Å². The van der Waals surface area contributed by atoms with Crippen LogP contribution in [-0.4, -0.2) is 48.8 Å². The number of nitrogens with zero attached hydrogens (tertiary/aromatic N) is 1. The molecule has 1 fully saturated rings. The largest absolute Gasteiger partial charge is 0.355 e. The van der Waals surface area contributed by atoms with E-state index in [0.717, 1.165) is 5.75 Å². The highest BCUT2D eigenvalue weighted by Crippen LogP contribution is 2.26. The first-order chi connectivity index (χ1) is 13.0. The van der Waals surface area contributed by atoms with Crippen LogP contribution in [0.2, 0.25) is 10.0 Å². The third-order valence-corrected chi connectivity index (χ3v) is 8.25. The molecule has 1 amide bonds. The SMILES string of the molecule is CC(C)(C)SCCNC(=O)[C@@H]1CCCN(S(=O)(=O)Cc2ccc(Cl)c(Cl)c2)C1. The summed E-state index contributed by atoms with van der Waals surface area (Å²) < 4.78 is 27.2. The predicted octanol–water partition coefficient (Wildman–Crippen LogP) is 4.18. The van der Waals surface area contributed by atoms with Crippen molar-refractivity contribution in [3.05, 3.63) is 33.8 Å². The van der Waals surface area contributed by atoms with Gasteiger partial charge in [0, 0.05) is 30.1 Å². The molecule has 0 aliphatic carbocycles. The van der Waals surface area contributed by atoms with Crippen LogP contribution in [0.15, 0.2) is 18.2 Å². The monoisotopic (exact) mass is 466 g/mol. The number of benzene rings is 1. The van der Waals surface area contributed by atoms with E-state index < -0.39 is 10.0 Å². The number of hydrogen-bond donors (Lipinski definition) is 1. The number of halogens is 2. The van der Waals surface area contributed by atoms with Gasteiger partial charge in [-0.1, -0.05) is 50.0 Å². The van der Waals surface area contributed by atoms with Crippen molar-refractivity contribution in [1.29, 1.82) is 0 Å². The lowest BCUT2D eigenvalue weighted by molar-refractivity contribution is -0.125. The van der Waals surface area contributed by atoms with Crippen molar-refractivity contribution in [1.82, 2.24) is 9.62 Å². The fourth-order valence-electron chi connectivity index (χ4n) is 3.02. The van der Waals surface area contributed by atoms with Gasteiger partial charge in [-0.3, -0.25) is 4.79 Å². The standard InChI is InChI=1S/C19H28Cl2N2O3S2/c1-19(2,3)27-10-8-22-18(24)15-5-4-9-23(12-15)28(25,26)13-14-6-7-16(20)17(21)11-14/h6-7,11,15H,4-5,8-10,12-13H2,1-3H3,(H,22,24)/t15-/m1/s1. The maximum Gasteiger partial charge on any atom is 0.224 e. The van der Waals surface area contributed by atoms with Gasteiger partial charge in [-0.2, -0.15) is 11.8 Å². The van der Waals surface area contributed by atoms with Crippen molar-refractivity contribution in [3.63, 3.8) is 0 Å². The summed E-state index contributed by atoms with van der Waals surface area (Å²) in [6.07, 6.45) is 1.38. The van der Waals surface area contributed by atoms with Crippen molar-refractivity contribution in [2.24, 2.45) is 5.92 Å². The van der Waals surface area contributed by atoms with Crippen LogP contribution in [0.1, 0.15) is 39.2 Å². The molecule has 1 atom stereocenters. The summed E-state index contributed by atoms with van der Waals surface area (Å²) in [6, 6.07) is 4.83. The Balaban J connectivity index is 1.91. The van der Waals surface area contributed by atoms with E-state index in [0.29, 0.717) is 41.5 Å². The molecule has 1 saturated heterocycles. The zero-order valence-electron chi connectivity index (χ0n) is 16.5. The van der Waals surface area contributed by atoms with Crippen LogP contribution in [0.25, 0.3) is 0 Å². The van der Waals surface area contributed by atoms with Gasteiger partial charge in [-0.05, 0) is 30.5 Å². The van der Waals surface area contributed by atoms with E-state index in [4.69, 9.17) is 23.2 Å². The molecule has 1 aromatic carbocycles. The highest BCUT2D eigenvalue weighted by atomic mass is 35.5. The molecule has 5 nitrogen and oxygen atoms in total. The van der Waals surface area contributed by atoms with Gasteiger partial charge < -0.3 is 5.32 Å². The average molecular weight is 467 g/mol. The molecule has 0 spiro atoms. The number of hydrogen-bond acceptors (Lipinski definition) is 4. The van der Waals surface area contributed by atoms with Gasteiger partial charge in [0.15, 0.2) is 0 Å². The Hall–Kier alpha value is -0.470. The second kappa shape index (κ2) is 10.0. The van der Waals surface area contributed by atoms with E-state index in [1.807, 2.05) is 0 Å². The molecule has 28 heavy (non-hydrogen) atoms. The minimum atomic E-state index is -3.53. The number of thioether (sulfide) groups is 1. The van der Waals surface area contributed by atoms with Crippen LogP contribution < -0.4 is 5.32 Å². The summed E-state index contributed by atoms with van der Waals surface area (Å²) in [5.41, 5.74) is 0.584. The van der Waals surface area contributed by atoms with Gasteiger partial charge in [0.25, 0.3) is 0 Å². The molecule has 1 aromatic rings. The van der Waals surface area contributed by atoms with E-state index in [2.05, 4.69) is 26.1 Å². The third-order valence-electron chi connectivity index (χ3n) is 4.42. The van der Waals surface area contributed by atoms with Crippen molar-refractivity contribution < 1.29 is 13.2 Å². The van der Waals surface area contributed by atoms with E-state index in [-0.39, 0.29) is 28.9 Å². The zero-order valence-corrected chi connectivity index (χ0v) is 19.6. The number of nitrogens with one attached hydrogen (secondary N) is 1. The van der Waals surface area contributed by atoms with Gasteiger partial charge in [0.2, 0.25) is 15.9 Å². The predicted molar refractivity (Wildman–Crippen MR) is 119 cm³/mol. The Bertz CT molecular complexity index is 795. The Labute approximate surface area is 182 Å². The number of carbonyl (C=O) groups is 1. The lowest BCUT2D eigenvalue weighted by Gasteiger charge is -2.31. The Morgan fingerprint density at radius 1 is 1.29 bits per heavy atom. The van der Waals surface area contributed by atoms with Crippen LogP contribution >= 0.6 is 35.0 Å². The van der Waals surface area contributed by atoms with Crippen molar-refractivity contribution in [2.45, 2.75) is 44.1 Å². The summed E-state index contributed by atoms with van der Waals surface area (Å²) in [6.45, 7) is 7.66. The summed E-state index contributed by atoms with van der Waals surface area (Å²) in [5.74, 6) is 0.308. The molecule has 2 rings (SSSR count). The molecule has 0 bridgehead atoms. The van der Waals surface area contributed by atoms with Crippen molar-refractivity contribution in [3.8, 4) is 0 Å². The average Bonchev–Trinajstić information content (AvgIpc) is 2.61. The van der Waals surface area contributed by atoms with Crippen molar-refractivity contribution >= 4 is 50.9 Å². The molecule has 1 aliphatic heterocycles. The quantitative estimate of drug-likeness (QED) is 0.611. The Morgan fingerprint density at radius 3 is 2.64 bits per heavy atom. The van der Waals surface area contributed by atoms with Crippen LogP contribution in [0.4, 0.5) is 0 Å². The van der Waals surface area contributed by atoms with Crippen LogP contribution in [0.5, 0.6) is 0 Å². The Morgan fingerprint density at radius 2 is 2.00 bits per heavy atom. The van der Waals surface area contributed by atoms with Gasteiger partial charge in [-0.25, -0.2) is 12.7 Å². The summed E-state index contributed by atoms with van der Waals surface area (Å²) in [7, 11) is -3.53. The molecular formula is C19H28Cl2N2O3S2. The molecule has 0 unspecified atom stereocenters. The van der Waals surface area contributed by atoms with Crippen LogP contribution in [0, 0.1) is 5.92 Å². The van der Waals surface area contributed by atoms with Gasteiger partial charge in [0.1, 0.15) is 0 Å². The normalized spacial score (nSPS) is 18.8. The first-order valence-corrected chi connectivity index (χ1v) is 12.7. The van der Waals surface area contributed by atoms with Gasteiger partial charge >= 0.3 is 0 Å². The number of rotatable bonds is 7. The number of sulfonamides is 1. The summed E-state index contributed by atoms with van der Waals surface area (Å²) in [4.78, 5) is 12.5. The topological polar surface area (TPSA) is 66.5 Å². The fraction of sp³-hybridized carbons (Fsp3) is 0.632. The van der Waals surface area contributed by atoms with Crippen LogP contribution in [0.3, 0.4) is 0 Å². The smallest absolute Gasteiger partial charge is 0.224 e. The van der Waals surface area contributed by atoms with Gasteiger partial charge in [0.05, 0.1) is 21.7 Å². The van der Waals surface area contributed by atoms with E-state index in [9.17, 15) is 13.2 Å². The fourth-order valence-corrected chi connectivity index (χ4v) is 5.75. The Kier molecular flexibility index (Phi) is 8.52.